The number of nitrogens with zero attached hydrogens (tertiary/aromatic N) is 2. The summed E-state index contributed by atoms with van der Waals surface area (Å²) >= 11 is 0. The van der Waals surface area contributed by atoms with E-state index < -0.39 is 18.2 Å². The number of para-hydroxylation sites is 1. The summed E-state index contributed by atoms with van der Waals surface area (Å²) in [4.78, 5) is 24.9. The summed E-state index contributed by atoms with van der Waals surface area (Å²) in [5.41, 5.74) is 2.99. The molecule has 1 heterocycles. The molecule has 0 aliphatic carbocycles. The number of carbonyl (C=O) groups is 2. The lowest BCUT2D eigenvalue weighted by atomic mass is 9.99. The Balaban J connectivity index is 1.99. The van der Waals surface area contributed by atoms with Gasteiger partial charge in [-0.25, -0.2) is 9.69 Å². The molecule has 0 aliphatic rings. The van der Waals surface area contributed by atoms with Gasteiger partial charge < -0.3 is 9.30 Å². The molecule has 0 bridgehead atoms. The van der Waals surface area contributed by atoms with Crippen molar-refractivity contribution in [1.29, 1.82) is 0 Å². The number of carbonyl (C=O) groups excluding carboxylic acids is 2. The number of ether oxygens (including phenoxy) is 1. The summed E-state index contributed by atoms with van der Waals surface area (Å²) in [7, 11) is 1.75. The van der Waals surface area contributed by atoms with Gasteiger partial charge >= 0.3 is 12.3 Å². The molecule has 1 aromatic heterocycles. The van der Waals surface area contributed by atoms with Crippen LogP contribution in [0.4, 0.5) is 18.9 Å². The normalized spacial score (nSPS) is 11.3. The van der Waals surface area contributed by atoms with E-state index in [0.29, 0.717) is 16.8 Å². The van der Waals surface area contributed by atoms with Crippen molar-refractivity contribution in [3.63, 3.8) is 0 Å². The van der Waals surface area contributed by atoms with Gasteiger partial charge in [-0.15, -0.1) is 13.2 Å². The number of anilines is 1. The van der Waals surface area contributed by atoms with Crippen molar-refractivity contribution in [1.82, 2.24) is 4.57 Å². The summed E-state index contributed by atoms with van der Waals surface area (Å²) in [5.74, 6) is -1.62. The Morgan fingerprint density at radius 2 is 1.59 bits per heavy atom. The van der Waals surface area contributed by atoms with E-state index in [-0.39, 0.29) is 22.8 Å². The van der Waals surface area contributed by atoms with Crippen LogP contribution >= 0.6 is 0 Å². The number of amides is 1. The van der Waals surface area contributed by atoms with Gasteiger partial charge in [0.25, 0.3) is 5.91 Å². The molecule has 32 heavy (non-hydrogen) atoms. The summed E-state index contributed by atoms with van der Waals surface area (Å²) in [6, 6.07) is 12.8. The van der Waals surface area contributed by atoms with Crippen LogP contribution in [-0.4, -0.2) is 29.4 Å². The van der Waals surface area contributed by atoms with Crippen molar-refractivity contribution in [3.05, 3.63) is 77.1 Å². The van der Waals surface area contributed by atoms with Gasteiger partial charge in [0.1, 0.15) is 5.69 Å². The second kappa shape index (κ2) is 8.90. The van der Waals surface area contributed by atoms with Gasteiger partial charge in [-0.2, -0.15) is 0 Å². The fourth-order valence-electron chi connectivity index (χ4n) is 3.76. The number of aromatic nitrogens is 1. The van der Waals surface area contributed by atoms with Crippen molar-refractivity contribution in [2.45, 2.75) is 27.1 Å². The van der Waals surface area contributed by atoms with E-state index in [1.807, 2.05) is 6.92 Å². The molecule has 0 radical (unpaired) electrons. The van der Waals surface area contributed by atoms with Crippen molar-refractivity contribution in [2.75, 3.05) is 11.5 Å². The van der Waals surface area contributed by atoms with Crippen LogP contribution in [0, 0.1) is 13.8 Å². The largest absolute Gasteiger partial charge is 0.491 e. The lowest BCUT2D eigenvalue weighted by molar-refractivity contribution is -0.122. The van der Waals surface area contributed by atoms with E-state index in [1.54, 1.807) is 43.7 Å². The van der Waals surface area contributed by atoms with Crippen molar-refractivity contribution in [3.8, 4) is 11.1 Å². The van der Waals surface area contributed by atoms with E-state index in [4.69, 9.17) is 4.74 Å². The van der Waals surface area contributed by atoms with Crippen LogP contribution in [0.5, 0.6) is 0 Å². The molecule has 1 amide bonds. The minimum Gasteiger partial charge on any atom is -0.461 e. The Labute approximate surface area is 184 Å². The number of rotatable bonds is 5. The predicted octanol–water partition coefficient (Wildman–Crippen LogP) is 5.65. The van der Waals surface area contributed by atoms with Gasteiger partial charge in [0.15, 0.2) is 0 Å². The van der Waals surface area contributed by atoms with E-state index in [1.165, 1.54) is 36.4 Å². The zero-order valence-electron chi connectivity index (χ0n) is 18.2. The molecule has 0 fully saturated rings. The third-order valence-electron chi connectivity index (χ3n) is 5.29. The van der Waals surface area contributed by atoms with E-state index in [2.05, 4.69) is 0 Å². The highest BCUT2D eigenvalue weighted by Gasteiger charge is 2.42. The van der Waals surface area contributed by atoms with Gasteiger partial charge in [-0.05, 0) is 56.2 Å². The third kappa shape index (κ3) is 4.26. The number of esters is 1. The van der Waals surface area contributed by atoms with E-state index in [0.717, 1.165) is 11.3 Å². The van der Waals surface area contributed by atoms with Crippen LogP contribution < -0.4 is 4.90 Å². The first kappa shape index (κ1) is 23.1. The SMILES string of the molecule is CCOC(=O)c1c(C)c(-c2ccc(C(=O)N(c3ccccc3)C(F)(F)F)cc2)c(C)n1C. The molecule has 168 valence electrons. The second-order valence-electron chi connectivity index (χ2n) is 7.23. The molecule has 5 nitrogen and oxygen atoms in total. The number of halogens is 3. The molecule has 0 aliphatic heterocycles. The molecule has 0 N–H and O–H groups in total. The molecular weight excluding hydrogens is 421 g/mol. The number of hydrogen-bond acceptors (Lipinski definition) is 3. The van der Waals surface area contributed by atoms with Crippen molar-refractivity contribution < 1.29 is 27.5 Å². The highest BCUT2D eigenvalue weighted by Crippen LogP contribution is 2.34. The van der Waals surface area contributed by atoms with Gasteiger partial charge in [-0.3, -0.25) is 4.79 Å². The molecule has 0 saturated carbocycles. The molecule has 0 spiro atoms. The van der Waals surface area contributed by atoms with Crippen LogP contribution in [0.15, 0.2) is 54.6 Å². The van der Waals surface area contributed by atoms with Gasteiger partial charge in [0.2, 0.25) is 0 Å². The molecule has 2 aromatic carbocycles. The zero-order chi connectivity index (χ0) is 23.6. The summed E-state index contributed by atoms with van der Waals surface area (Å²) in [5, 5.41) is 0. The lowest BCUT2D eigenvalue weighted by Crippen LogP contribution is -2.43. The van der Waals surface area contributed by atoms with Gasteiger partial charge in [0, 0.05) is 23.9 Å². The Kier molecular flexibility index (Phi) is 6.43. The minimum absolute atomic E-state index is 0.105. The molecule has 0 saturated heterocycles. The first-order chi connectivity index (χ1) is 15.1. The Hall–Kier alpha value is -3.55. The number of benzene rings is 2. The van der Waals surface area contributed by atoms with Crippen LogP contribution in [0.25, 0.3) is 11.1 Å². The van der Waals surface area contributed by atoms with Crippen LogP contribution in [0.2, 0.25) is 0 Å². The predicted molar refractivity (Wildman–Crippen MR) is 116 cm³/mol. The topological polar surface area (TPSA) is 51.5 Å². The van der Waals surface area contributed by atoms with Crippen LogP contribution in [0.3, 0.4) is 0 Å². The molecule has 3 rings (SSSR count). The average Bonchev–Trinajstić information content (AvgIpc) is 2.96. The smallest absolute Gasteiger partial charge is 0.461 e. The minimum atomic E-state index is -4.88. The number of alkyl halides is 3. The summed E-state index contributed by atoms with van der Waals surface area (Å²) < 4.78 is 47.8. The monoisotopic (exact) mass is 444 g/mol. The molecule has 3 aromatic rings. The molecule has 8 heteroatoms. The van der Waals surface area contributed by atoms with Crippen molar-refractivity contribution >= 4 is 17.6 Å². The second-order valence-corrected chi connectivity index (χ2v) is 7.23. The maximum Gasteiger partial charge on any atom is 0.491 e. The maximum absolute atomic E-state index is 13.6. The summed E-state index contributed by atoms with van der Waals surface area (Å²) in [6.45, 7) is 5.59. The maximum atomic E-state index is 13.6. The van der Waals surface area contributed by atoms with E-state index in [9.17, 15) is 22.8 Å². The quantitative estimate of drug-likeness (QED) is 0.377. The highest BCUT2D eigenvalue weighted by molar-refractivity contribution is 6.06. The standard InChI is InChI=1S/C24H23F3N2O3/c1-5-32-23(31)21-15(2)20(16(3)28(21)4)17-11-13-18(14-12-17)22(30)29(24(25,26)27)19-9-7-6-8-10-19/h6-14H,5H2,1-4H3. The van der Waals surface area contributed by atoms with Crippen LogP contribution in [0.1, 0.15) is 39.0 Å². The Morgan fingerprint density at radius 3 is 2.12 bits per heavy atom. The highest BCUT2D eigenvalue weighted by atomic mass is 19.4. The van der Waals surface area contributed by atoms with Crippen molar-refractivity contribution in [2.24, 2.45) is 7.05 Å². The van der Waals surface area contributed by atoms with Crippen LogP contribution in [-0.2, 0) is 11.8 Å². The van der Waals surface area contributed by atoms with Gasteiger partial charge in [-0.1, -0.05) is 30.3 Å². The molecule has 0 atom stereocenters. The Bertz CT molecular complexity index is 1130. The average molecular weight is 444 g/mol. The Morgan fingerprint density at radius 1 is 1.00 bits per heavy atom. The third-order valence-corrected chi connectivity index (χ3v) is 5.29. The molecular formula is C24H23F3N2O3. The number of hydrogen-bond donors (Lipinski definition) is 0. The fourth-order valence-corrected chi connectivity index (χ4v) is 3.76. The van der Waals surface area contributed by atoms with Gasteiger partial charge in [0.05, 0.1) is 12.3 Å². The molecule has 0 unspecified atom stereocenters. The first-order valence-electron chi connectivity index (χ1n) is 9.97. The fraction of sp³-hybridized carbons (Fsp3) is 0.250. The first-order valence-corrected chi connectivity index (χ1v) is 9.97. The van der Waals surface area contributed by atoms with E-state index >= 15 is 0 Å². The summed E-state index contributed by atoms with van der Waals surface area (Å²) in [6.07, 6.45) is -4.88. The zero-order valence-corrected chi connectivity index (χ0v) is 18.2. The lowest BCUT2D eigenvalue weighted by Gasteiger charge is -2.25.